The van der Waals surface area contributed by atoms with Crippen molar-refractivity contribution < 1.29 is 0 Å². The molecule has 0 aliphatic heterocycles. The molecule has 1 nitrogen and oxygen atoms in total. The largest absolute Gasteiger partial charge is 0.305 e. The summed E-state index contributed by atoms with van der Waals surface area (Å²) in [6, 6.07) is 13.5. The normalized spacial score (nSPS) is 12.9. The van der Waals surface area contributed by atoms with Crippen molar-refractivity contribution >= 4 is 48.7 Å². The molecule has 0 spiro atoms. The number of rotatable bonds is 5. The monoisotopic (exact) mass is 379 g/mol. The molecule has 0 radical (unpaired) electrons. The summed E-state index contributed by atoms with van der Waals surface area (Å²) in [6.07, 6.45) is 1.14. The lowest BCUT2D eigenvalue weighted by Crippen LogP contribution is -2.21. The summed E-state index contributed by atoms with van der Waals surface area (Å²) in [6.45, 7) is 5.41. The second-order valence-corrected chi connectivity index (χ2v) is 8.40. The second-order valence-electron chi connectivity index (χ2n) is 5.14. The van der Waals surface area contributed by atoms with Crippen LogP contribution in [0.5, 0.6) is 0 Å². The van der Waals surface area contributed by atoms with E-state index < -0.39 is 0 Å². The van der Waals surface area contributed by atoms with Crippen molar-refractivity contribution in [2.24, 2.45) is 0 Å². The van der Waals surface area contributed by atoms with Gasteiger partial charge in [0.05, 0.1) is 6.04 Å². The average Bonchev–Trinajstić information content (AvgIpc) is 3.03. The standard InChI is InChI=1S/C17H18BrNS2/c1-3-8-19-16(17-13(18)9-11(2)20-17)15-10-12-6-4-5-7-14(12)21-15/h4-7,9-10,16,19H,3,8H2,1-2H3. The van der Waals surface area contributed by atoms with E-state index in [1.807, 2.05) is 22.7 Å². The summed E-state index contributed by atoms with van der Waals surface area (Å²) < 4.78 is 2.58. The van der Waals surface area contributed by atoms with Gasteiger partial charge in [0.1, 0.15) is 0 Å². The Hall–Kier alpha value is -0.680. The maximum Gasteiger partial charge on any atom is 0.0776 e. The first-order valence-corrected chi connectivity index (χ1v) is 9.59. The minimum Gasteiger partial charge on any atom is -0.305 e. The molecule has 2 aromatic heterocycles. The van der Waals surface area contributed by atoms with Crippen molar-refractivity contribution in [1.29, 1.82) is 0 Å². The molecule has 1 unspecified atom stereocenters. The Morgan fingerprint density at radius 1 is 1.19 bits per heavy atom. The Kier molecular flexibility index (Phi) is 4.79. The first-order chi connectivity index (χ1) is 10.2. The Balaban J connectivity index is 2.04. The van der Waals surface area contributed by atoms with Crippen molar-refractivity contribution in [2.45, 2.75) is 26.3 Å². The van der Waals surface area contributed by atoms with Crippen LogP contribution in [0.1, 0.15) is 34.0 Å². The van der Waals surface area contributed by atoms with Crippen LogP contribution in [-0.2, 0) is 0 Å². The highest BCUT2D eigenvalue weighted by Gasteiger charge is 2.20. The van der Waals surface area contributed by atoms with Crippen LogP contribution in [0.3, 0.4) is 0 Å². The molecular formula is C17H18BrNS2. The zero-order valence-electron chi connectivity index (χ0n) is 12.2. The number of aryl methyl sites for hydroxylation is 1. The highest BCUT2D eigenvalue weighted by atomic mass is 79.9. The predicted octanol–water partition coefficient (Wildman–Crippen LogP) is 6.12. The minimum absolute atomic E-state index is 0.287. The average molecular weight is 380 g/mol. The molecular weight excluding hydrogens is 362 g/mol. The fraction of sp³-hybridized carbons (Fsp3) is 0.294. The zero-order chi connectivity index (χ0) is 14.8. The molecule has 110 valence electrons. The number of hydrogen-bond acceptors (Lipinski definition) is 3. The third kappa shape index (κ3) is 3.24. The minimum atomic E-state index is 0.287. The summed E-state index contributed by atoms with van der Waals surface area (Å²) in [5, 5.41) is 5.05. The quantitative estimate of drug-likeness (QED) is 0.562. The molecule has 0 aliphatic rings. The molecule has 1 atom stereocenters. The van der Waals surface area contributed by atoms with Crippen molar-refractivity contribution in [1.82, 2.24) is 5.32 Å². The van der Waals surface area contributed by atoms with Crippen LogP contribution < -0.4 is 5.32 Å². The van der Waals surface area contributed by atoms with Gasteiger partial charge in [-0.15, -0.1) is 22.7 Å². The lowest BCUT2D eigenvalue weighted by atomic mass is 10.1. The highest BCUT2D eigenvalue weighted by Crippen LogP contribution is 2.39. The molecule has 0 saturated heterocycles. The smallest absolute Gasteiger partial charge is 0.0776 e. The fourth-order valence-electron chi connectivity index (χ4n) is 2.45. The van der Waals surface area contributed by atoms with Crippen LogP contribution in [0, 0.1) is 6.92 Å². The van der Waals surface area contributed by atoms with Crippen LogP contribution in [0.25, 0.3) is 10.1 Å². The molecule has 0 saturated carbocycles. The number of thiophene rings is 2. The van der Waals surface area contributed by atoms with Crippen LogP contribution in [-0.4, -0.2) is 6.54 Å². The van der Waals surface area contributed by atoms with Crippen LogP contribution in [0.15, 0.2) is 40.9 Å². The SMILES string of the molecule is CCCNC(c1cc2ccccc2s1)c1sc(C)cc1Br. The molecule has 3 rings (SSSR count). The number of hydrogen-bond donors (Lipinski definition) is 1. The Morgan fingerprint density at radius 2 is 2.00 bits per heavy atom. The van der Waals surface area contributed by atoms with Gasteiger partial charge in [-0.05, 0) is 59.4 Å². The maximum absolute atomic E-state index is 3.73. The van der Waals surface area contributed by atoms with Crippen molar-refractivity contribution in [3.63, 3.8) is 0 Å². The molecule has 0 fully saturated rings. The van der Waals surface area contributed by atoms with Gasteiger partial charge in [-0.1, -0.05) is 25.1 Å². The van der Waals surface area contributed by atoms with Crippen LogP contribution >= 0.6 is 38.6 Å². The Bertz CT molecular complexity index is 711. The van der Waals surface area contributed by atoms with Crippen molar-refractivity contribution in [2.75, 3.05) is 6.54 Å². The number of halogens is 1. The summed E-state index contributed by atoms with van der Waals surface area (Å²) >= 11 is 7.49. The Morgan fingerprint density at radius 3 is 2.67 bits per heavy atom. The van der Waals surface area contributed by atoms with E-state index in [0.717, 1.165) is 13.0 Å². The van der Waals surface area contributed by atoms with Gasteiger partial charge < -0.3 is 5.32 Å². The summed E-state index contributed by atoms with van der Waals surface area (Å²) in [4.78, 5) is 4.13. The van der Waals surface area contributed by atoms with E-state index in [2.05, 4.69) is 71.5 Å². The lowest BCUT2D eigenvalue weighted by molar-refractivity contribution is 0.612. The van der Waals surface area contributed by atoms with Gasteiger partial charge in [-0.25, -0.2) is 0 Å². The molecule has 4 heteroatoms. The third-order valence-corrected chi connectivity index (χ3v) is 6.64. The van der Waals surface area contributed by atoms with Crippen molar-refractivity contribution in [3.05, 3.63) is 55.5 Å². The zero-order valence-corrected chi connectivity index (χ0v) is 15.4. The molecule has 0 aliphatic carbocycles. The van der Waals surface area contributed by atoms with Crippen LogP contribution in [0.2, 0.25) is 0 Å². The van der Waals surface area contributed by atoms with E-state index >= 15 is 0 Å². The van der Waals surface area contributed by atoms with E-state index in [1.165, 1.54) is 29.2 Å². The molecule has 0 bridgehead atoms. The van der Waals surface area contributed by atoms with Gasteiger partial charge in [-0.2, -0.15) is 0 Å². The first-order valence-electron chi connectivity index (χ1n) is 7.16. The first kappa shape index (κ1) is 15.2. The fourth-order valence-corrected chi connectivity index (χ4v) is 5.65. The maximum atomic E-state index is 3.73. The van der Waals surface area contributed by atoms with Gasteiger partial charge in [-0.3, -0.25) is 0 Å². The lowest BCUT2D eigenvalue weighted by Gasteiger charge is -2.16. The number of fused-ring (bicyclic) bond motifs is 1. The van der Waals surface area contributed by atoms with Gasteiger partial charge in [0.2, 0.25) is 0 Å². The van der Waals surface area contributed by atoms with Crippen molar-refractivity contribution in [3.8, 4) is 0 Å². The second kappa shape index (κ2) is 6.61. The van der Waals surface area contributed by atoms with Gasteiger partial charge >= 0.3 is 0 Å². The molecule has 1 aromatic carbocycles. The Labute approximate surface area is 142 Å². The number of nitrogens with one attached hydrogen (secondary N) is 1. The van der Waals surface area contributed by atoms with Gasteiger partial charge in [0.25, 0.3) is 0 Å². The summed E-state index contributed by atoms with van der Waals surface area (Å²) in [5.41, 5.74) is 0. The van der Waals surface area contributed by atoms with E-state index in [-0.39, 0.29) is 6.04 Å². The van der Waals surface area contributed by atoms with E-state index in [9.17, 15) is 0 Å². The summed E-state index contributed by atoms with van der Waals surface area (Å²) in [7, 11) is 0. The van der Waals surface area contributed by atoms with E-state index in [0.29, 0.717) is 0 Å². The molecule has 0 amide bonds. The van der Waals surface area contributed by atoms with E-state index in [1.54, 1.807) is 0 Å². The molecule has 2 heterocycles. The highest BCUT2D eigenvalue weighted by molar-refractivity contribution is 9.10. The number of benzene rings is 1. The van der Waals surface area contributed by atoms with Gasteiger partial charge in [0.15, 0.2) is 0 Å². The molecule has 3 aromatic rings. The van der Waals surface area contributed by atoms with E-state index in [4.69, 9.17) is 0 Å². The predicted molar refractivity (Wildman–Crippen MR) is 98.7 cm³/mol. The topological polar surface area (TPSA) is 12.0 Å². The third-order valence-electron chi connectivity index (χ3n) is 3.43. The van der Waals surface area contributed by atoms with Crippen LogP contribution in [0.4, 0.5) is 0 Å². The summed E-state index contributed by atoms with van der Waals surface area (Å²) in [5.74, 6) is 0. The molecule has 1 N–H and O–H groups in total. The molecule has 21 heavy (non-hydrogen) atoms. The van der Waals surface area contributed by atoms with Gasteiger partial charge in [0, 0.05) is 23.8 Å².